The number of rotatable bonds is 5. The van der Waals surface area contributed by atoms with E-state index in [0.29, 0.717) is 16.1 Å². The van der Waals surface area contributed by atoms with Crippen molar-refractivity contribution in [1.82, 2.24) is 9.97 Å². The lowest BCUT2D eigenvalue weighted by atomic mass is 9.44. The summed E-state index contributed by atoms with van der Waals surface area (Å²) in [6, 6.07) is 0. The number of nitrogens with zero attached hydrogens (tertiary/aromatic N) is 2. The Morgan fingerprint density at radius 1 is 1.00 bits per heavy atom. The van der Waals surface area contributed by atoms with Crippen LogP contribution in [0.5, 0.6) is 0 Å². The Bertz CT molecular complexity index is 836. The van der Waals surface area contributed by atoms with Crippen molar-refractivity contribution in [3.05, 3.63) is 22.7 Å². The molecule has 3 heteroatoms. The summed E-state index contributed by atoms with van der Waals surface area (Å²) in [5.74, 6) is 6.26. The lowest BCUT2D eigenvalue weighted by Gasteiger charge is -2.60. The van der Waals surface area contributed by atoms with Gasteiger partial charge in [-0.2, -0.15) is 0 Å². The lowest BCUT2D eigenvalue weighted by Crippen LogP contribution is -2.54. The first-order valence-electron chi connectivity index (χ1n) is 13.7. The second kappa shape index (κ2) is 8.54. The second-order valence-electron chi connectivity index (χ2n) is 13.2. The minimum Gasteiger partial charge on any atom is -0.226 e. The van der Waals surface area contributed by atoms with Crippen molar-refractivity contribution in [3.8, 4) is 0 Å². The molecule has 0 bridgehead atoms. The fourth-order valence-electron chi connectivity index (χ4n) is 9.56. The third-order valence-electron chi connectivity index (χ3n) is 11.2. The number of hydrogen-bond donors (Lipinski definition) is 0. The van der Waals surface area contributed by atoms with Gasteiger partial charge in [-0.3, -0.25) is 0 Å². The molecule has 0 unspecified atom stereocenters. The molecule has 0 N–H and O–H groups in total. The SMILES string of the molecule is CC(C)CCC[C@@H](C)[C@H]1CC[C@H]2[C@@H]3CC[C@H]4Cc5nc(Cl)ncc5C[C@]4(C)[C@H]3CC[C@]12C. The second-order valence-corrected chi connectivity index (χ2v) is 13.5. The third-order valence-corrected chi connectivity index (χ3v) is 11.4. The van der Waals surface area contributed by atoms with Crippen molar-refractivity contribution in [1.29, 1.82) is 0 Å². The highest BCUT2D eigenvalue weighted by atomic mass is 35.5. The molecule has 4 aliphatic rings. The van der Waals surface area contributed by atoms with Gasteiger partial charge < -0.3 is 0 Å². The van der Waals surface area contributed by atoms with E-state index in [2.05, 4.69) is 44.6 Å². The van der Waals surface area contributed by atoms with Crippen LogP contribution >= 0.6 is 11.6 Å². The van der Waals surface area contributed by atoms with E-state index in [9.17, 15) is 0 Å². The molecule has 0 saturated heterocycles. The van der Waals surface area contributed by atoms with Gasteiger partial charge >= 0.3 is 0 Å². The number of hydrogen-bond acceptors (Lipinski definition) is 2. The van der Waals surface area contributed by atoms with Gasteiger partial charge in [0.1, 0.15) is 0 Å². The molecule has 0 amide bonds. The monoisotopic (exact) mass is 456 g/mol. The summed E-state index contributed by atoms with van der Waals surface area (Å²) in [6.07, 6.45) is 17.3. The Morgan fingerprint density at radius 2 is 1.78 bits per heavy atom. The first-order valence-corrected chi connectivity index (χ1v) is 14.1. The van der Waals surface area contributed by atoms with Crippen LogP contribution in [0.15, 0.2) is 6.20 Å². The predicted octanol–water partition coefficient (Wildman–Crippen LogP) is 8.17. The smallest absolute Gasteiger partial charge is 0.222 e. The van der Waals surface area contributed by atoms with Gasteiger partial charge in [0, 0.05) is 11.9 Å². The summed E-state index contributed by atoms with van der Waals surface area (Å²) in [6.45, 7) is 12.7. The highest BCUT2D eigenvalue weighted by Crippen LogP contribution is 2.67. The van der Waals surface area contributed by atoms with Crippen LogP contribution in [-0.2, 0) is 12.8 Å². The Kier molecular flexibility index (Phi) is 6.18. The standard InChI is InChI=1S/C29H45ClN2/c1-18(2)7-6-8-19(3)23-11-12-24-22-10-9-21-15-26-20(17-31-27(30)32-26)16-29(21,5)25(22)13-14-28(23,24)4/h17-19,21-25H,6-16H2,1-5H3/t19-,21+,22+,23-,24+,25+,28-,29+/m1/s1. The molecule has 3 fully saturated rings. The van der Waals surface area contributed by atoms with E-state index in [1.165, 1.54) is 75.5 Å². The van der Waals surface area contributed by atoms with Gasteiger partial charge in [-0.05, 0) is 121 Å². The van der Waals surface area contributed by atoms with E-state index in [1.54, 1.807) is 0 Å². The van der Waals surface area contributed by atoms with Gasteiger partial charge in [0.15, 0.2) is 0 Å². The normalized spacial score (nSPS) is 41.5. The molecule has 1 heterocycles. The molecule has 0 aliphatic heterocycles. The highest BCUT2D eigenvalue weighted by Gasteiger charge is 2.60. The fraction of sp³-hybridized carbons (Fsp3) is 0.862. The highest BCUT2D eigenvalue weighted by molar-refractivity contribution is 6.28. The first kappa shape index (κ1) is 23.1. The average Bonchev–Trinajstić information content (AvgIpc) is 3.09. The average molecular weight is 457 g/mol. The number of aromatic nitrogens is 2. The largest absolute Gasteiger partial charge is 0.226 e. The number of halogens is 1. The van der Waals surface area contributed by atoms with Crippen LogP contribution in [0, 0.1) is 52.3 Å². The molecular formula is C29H45ClN2. The van der Waals surface area contributed by atoms with Crippen LogP contribution in [0.3, 0.4) is 0 Å². The Balaban J connectivity index is 1.34. The minimum atomic E-state index is 0.425. The minimum absolute atomic E-state index is 0.425. The maximum atomic E-state index is 6.14. The Morgan fingerprint density at radius 3 is 2.56 bits per heavy atom. The van der Waals surface area contributed by atoms with Gasteiger partial charge in [0.05, 0.1) is 0 Å². The van der Waals surface area contributed by atoms with Crippen LogP contribution in [0.1, 0.15) is 104 Å². The molecule has 8 atom stereocenters. The van der Waals surface area contributed by atoms with Crippen molar-refractivity contribution < 1.29 is 0 Å². The van der Waals surface area contributed by atoms with Crippen molar-refractivity contribution in [2.24, 2.45) is 52.3 Å². The van der Waals surface area contributed by atoms with Crippen LogP contribution in [0.2, 0.25) is 5.28 Å². The zero-order valence-electron chi connectivity index (χ0n) is 21.2. The van der Waals surface area contributed by atoms with Gasteiger partial charge in [-0.1, -0.05) is 53.9 Å². The molecule has 4 aliphatic carbocycles. The molecule has 3 saturated carbocycles. The molecule has 0 radical (unpaired) electrons. The predicted molar refractivity (Wildman–Crippen MR) is 134 cm³/mol. The van der Waals surface area contributed by atoms with E-state index in [-0.39, 0.29) is 0 Å². The summed E-state index contributed by atoms with van der Waals surface area (Å²) in [7, 11) is 0. The molecule has 2 nitrogen and oxygen atoms in total. The van der Waals surface area contributed by atoms with Gasteiger partial charge in [0.2, 0.25) is 5.28 Å². The van der Waals surface area contributed by atoms with E-state index < -0.39 is 0 Å². The molecule has 1 aromatic heterocycles. The van der Waals surface area contributed by atoms with Gasteiger partial charge in [0.25, 0.3) is 0 Å². The maximum absolute atomic E-state index is 6.14. The Labute approximate surface area is 201 Å². The quantitative estimate of drug-likeness (QED) is 0.417. The summed E-state index contributed by atoms with van der Waals surface area (Å²) < 4.78 is 0. The van der Waals surface area contributed by atoms with E-state index >= 15 is 0 Å². The maximum Gasteiger partial charge on any atom is 0.222 e. The van der Waals surface area contributed by atoms with E-state index in [1.807, 2.05) is 6.20 Å². The molecule has 178 valence electrons. The molecule has 1 aromatic rings. The van der Waals surface area contributed by atoms with Crippen LogP contribution < -0.4 is 0 Å². The van der Waals surface area contributed by atoms with Crippen LogP contribution in [0.25, 0.3) is 0 Å². The van der Waals surface area contributed by atoms with Gasteiger partial charge in [-0.15, -0.1) is 0 Å². The summed E-state index contributed by atoms with van der Waals surface area (Å²) in [4.78, 5) is 8.97. The van der Waals surface area contributed by atoms with Crippen molar-refractivity contribution in [2.75, 3.05) is 0 Å². The third kappa shape index (κ3) is 3.75. The first-order chi connectivity index (χ1) is 15.2. The van der Waals surface area contributed by atoms with E-state index in [0.717, 1.165) is 47.8 Å². The molecule has 5 rings (SSSR count). The molecule has 0 aromatic carbocycles. The van der Waals surface area contributed by atoms with Gasteiger partial charge in [-0.25, -0.2) is 9.97 Å². The summed E-state index contributed by atoms with van der Waals surface area (Å²) >= 11 is 6.14. The van der Waals surface area contributed by atoms with Crippen molar-refractivity contribution >= 4 is 11.6 Å². The van der Waals surface area contributed by atoms with Crippen LogP contribution in [0.4, 0.5) is 0 Å². The molecule has 32 heavy (non-hydrogen) atoms. The summed E-state index contributed by atoms with van der Waals surface area (Å²) in [5.41, 5.74) is 3.63. The fourth-order valence-corrected chi connectivity index (χ4v) is 9.71. The Hall–Kier alpha value is -0.630. The zero-order chi connectivity index (χ0) is 22.7. The van der Waals surface area contributed by atoms with Crippen molar-refractivity contribution in [3.63, 3.8) is 0 Å². The lowest BCUT2D eigenvalue weighted by molar-refractivity contribution is -0.103. The topological polar surface area (TPSA) is 25.8 Å². The molecule has 0 spiro atoms. The molecular weight excluding hydrogens is 412 g/mol. The van der Waals surface area contributed by atoms with Crippen molar-refractivity contribution in [2.45, 2.75) is 105 Å². The van der Waals surface area contributed by atoms with Crippen LogP contribution in [-0.4, -0.2) is 9.97 Å². The zero-order valence-corrected chi connectivity index (χ0v) is 21.9. The number of fused-ring (bicyclic) bond motifs is 6. The van der Waals surface area contributed by atoms with E-state index in [4.69, 9.17) is 11.6 Å². The summed E-state index contributed by atoms with van der Waals surface area (Å²) in [5, 5.41) is 0.425.